The van der Waals surface area contributed by atoms with Crippen LogP contribution >= 0.6 is 23.2 Å². The summed E-state index contributed by atoms with van der Waals surface area (Å²) in [4.78, 5) is 23.9. The number of methoxy groups -OCH3 is 3. The van der Waals surface area contributed by atoms with E-state index in [0.29, 0.717) is 34.1 Å². The first-order valence-corrected chi connectivity index (χ1v) is 12.7. The van der Waals surface area contributed by atoms with E-state index in [2.05, 4.69) is 9.97 Å². The molecule has 1 aliphatic rings. The Morgan fingerprint density at radius 2 is 1.79 bits per heavy atom. The van der Waals surface area contributed by atoms with Crippen LogP contribution in [0.3, 0.4) is 0 Å². The highest BCUT2D eigenvalue weighted by atomic mass is 35.5. The lowest BCUT2D eigenvalue weighted by atomic mass is 9.94. The highest BCUT2D eigenvalue weighted by Crippen LogP contribution is 2.47. The summed E-state index contributed by atoms with van der Waals surface area (Å²) in [5.74, 6) is -1.27. The number of fused-ring (bicyclic) bond motifs is 1. The third-order valence-electron chi connectivity index (χ3n) is 6.49. The van der Waals surface area contributed by atoms with Crippen LogP contribution in [0.2, 0.25) is 10.0 Å². The number of ether oxygens (including phenoxy) is 3. The zero-order valence-electron chi connectivity index (χ0n) is 21.5. The average Bonchev–Trinajstić information content (AvgIpc) is 3.45. The lowest BCUT2D eigenvalue weighted by molar-refractivity contribution is 0.0987. The zero-order chi connectivity index (χ0) is 27.8. The van der Waals surface area contributed by atoms with Crippen molar-refractivity contribution in [3.8, 4) is 17.6 Å². The maximum absolute atomic E-state index is 15.4. The van der Waals surface area contributed by atoms with Gasteiger partial charge in [0.05, 0.1) is 49.5 Å². The number of carbonyl (C=O) groups is 1. The van der Waals surface area contributed by atoms with Crippen molar-refractivity contribution in [1.82, 2.24) is 19.7 Å². The molecule has 12 heteroatoms. The second-order valence-corrected chi connectivity index (χ2v) is 9.71. The van der Waals surface area contributed by atoms with Gasteiger partial charge in [-0.3, -0.25) is 9.69 Å². The molecule has 0 N–H and O–H groups in total. The number of anilines is 1. The molecule has 0 radical (unpaired) electrons. The number of carbonyl (C=O) groups excluding carboxylic acids is 1. The number of hydrogen-bond donors (Lipinski definition) is 0. The molecule has 202 valence electrons. The predicted octanol–water partition coefficient (Wildman–Crippen LogP) is 5.63. The molecular weight excluding hydrogens is 548 g/mol. The molecule has 1 amide bonds. The maximum Gasteiger partial charge on any atom is 0.319 e. The fraction of sp³-hybridized carbons (Fsp3) is 0.259. The Morgan fingerprint density at radius 3 is 2.46 bits per heavy atom. The molecule has 2 aromatic carbocycles. The number of halogens is 3. The minimum absolute atomic E-state index is 0.0349. The number of aromatic nitrogens is 4. The van der Waals surface area contributed by atoms with Gasteiger partial charge in [-0.2, -0.15) is 10.1 Å². The van der Waals surface area contributed by atoms with Crippen LogP contribution in [-0.4, -0.2) is 53.6 Å². The molecule has 0 bridgehead atoms. The molecule has 0 saturated carbocycles. The molecule has 0 saturated heterocycles. The molecule has 39 heavy (non-hydrogen) atoms. The topological polar surface area (TPSA) is 91.6 Å². The molecule has 0 fully saturated rings. The Kier molecular flexibility index (Phi) is 7.44. The van der Waals surface area contributed by atoms with Gasteiger partial charge >= 0.3 is 6.01 Å². The standard InChI is InChI=1S/C27H24Cl2FN5O4/c1-14(13-37-2)23-20-22(33-35(23)19-12-31-27(39-4)32-25(19)38-3)26(36)34(18-7-5-6-17(29)21(18)30)24(20)15-8-10-16(28)11-9-15/h5-12,14,24H,13H2,1-4H3. The van der Waals surface area contributed by atoms with Crippen LogP contribution in [0.15, 0.2) is 48.7 Å². The van der Waals surface area contributed by atoms with E-state index in [1.54, 1.807) is 42.1 Å². The van der Waals surface area contributed by atoms with Crippen molar-refractivity contribution in [2.24, 2.45) is 0 Å². The molecule has 2 unspecified atom stereocenters. The number of benzene rings is 2. The Labute approximate surface area is 234 Å². The van der Waals surface area contributed by atoms with Gasteiger partial charge in [-0.1, -0.05) is 48.3 Å². The van der Waals surface area contributed by atoms with E-state index in [-0.39, 0.29) is 34.2 Å². The van der Waals surface area contributed by atoms with E-state index < -0.39 is 17.8 Å². The number of rotatable bonds is 8. The van der Waals surface area contributed by atoms with E-state index in [9.17, 15) is 4.79 Å². The van der Waals surface area contributed by atoms with Crippen LogP contribution in [-0.2, 0) is 4.74 Å². The van der Waals surface area contributed by atoms with Crippen LogP contribution in [0.5, 0.6) is 11.9 Å². The minimum atomic E-state index is -0.744. The molecule has 1 aliphatic heterocycles. The summed E-state index contributed by atoms with van der Waals surface area (Å²) < 4.78 is 33.1. The molecule has 0 aliphatic carbocycles. The molecule has 9 nitrogen and oxygen atoms in total. The summed E-state index contributed by atoms with van der Waals surface area (Å²) >= 11 is 12.3. The van der Waals surface area contributed by atoms with E-state index in [0.717, 1.165) is 0 Å². The van der Waals surface area contributed by atoms with Gasteiger partial charge in [0, 0.05) is 23.6 Å². The van der Waals surface area contributed by atoms with Gasteiger partial charge in [0.1, 0.15) is 5.69 Å². The van der Waals surface area contributed by atoms with Crippen molar-refractivity contribution < 1.29 is 23.4 Å². The molecule has 2 atom stereocenters. The first-order valence-electron chi connectivity index (χ1n) is 11.9. The summed E-state index contributed by atoms with van der Waals surface area (Å²) in [5.41, 5.74) is 2.52. The molecule has 3 heterocycles. The van der Waals surface area contributed by atoms with Crippen molar-refractivity contribution >= 4 is 34.8 Å². The van der Waals surface area contributed by atoms with Gasteiger partial charge < -0.3 is 14.2 Å². The zero-order valence-corrected chi connectivity index (χ0v) is 23.0. The maximum atomic E-state index is 15.4. The number of nitrogens with zero attached hydrogens (tertiary/aromatic N) is 5. The van der Waals surface area contributed by atoms with E-state index in [1.807, 2.05) is 6.92 Å². The highest BCUT2D eigenvalue weighted by molar-refractivity contribution is 6.31. The van der Waals surface area contributed by atoms with Crippen LogP contribution in [0, 0.1) is 5.82 Å². The van der Waals surface area contributed by atoms with Gasteiger partial charge in [-0.05, 0) is 29.8 Å². The van der Waals surface area contributed by atoms with Crippen molar-refractivity contribution in [3.63, 3.8) is 0 Å². The van der Waals surface area contributed by atoms with Crippen LogP contribution in [0.1, 0.15) is 46.2 Å². The molecule has 2 aromatic heterocycles. The summed E-state index contributed by atoms with van der Waals surface area (Å²) in [6, 6.07) is 10.9. The summed E-state index contributed by atoms with van der Waals surface area (Å²) in [6.07, 6.45) is 1.51. The van der Waals surface area contributed by atoms with E-state index >= 15 is 4.39 Å². The van der Waals surface area contributed by atoms with Gasteiger partial charge in [-0.15, -0.1) is 0 Å². The minimum Gasteiger partial charge on any atom is -0.479 e. The first kappa shape index (κ1) is 26.9. The normalized spacial score (nSPS) is 15.4. The van der Waals surface area contributed by atoms with Crippen LogP contribution in [0.4, 0.5) is 10.1 Å². The van der Waals surface area contributed by atoms with Gasteiger partial charge in [0.2, 0.25) is 5.88 Å². The Hall–Kier alpha value is -3.73. The third kappa shape index (κ3) is 4.58. The van der Waals surface area contributed by atoms with Crippen molar-refractivity contribution in [2.45, 2.75) is 18.9 Å². The molecule has 4 aromatic rings. The average molecular weight is 572 g/mol. The monoisotopic (exact) mass is 571 g/mol. The van der Waals surface area contributed by atoms with Crippen LogP contribution in [0.25, 0.3) is 5.69 Å². The quantitative estimate of drug-likeness (QED) is 0.271. The summed E-state index contributed by atoms with van der Waals surface area (Å²) in [6.45, 7) is 2.25. The van der Waals surface area contributed by atoms with Gasteiger partial charge in [-0.25, -0.2) is 14.1 Å². The second kappa shape index (κ2) is 10.8. The van der Waals surface area contributed by atoms with Gasteiger partial charge in [0.15, 0.2) is 11.5 Å². The van der Waals surface area contributed by atoms with Crippen molar-refractivity contribution in [2.75, 3.05) is 32.8 Å². The summed E-state index contributed by atoms with van der Waals surface area (Å²) in [5, 5.41) is 5.14. The Morgan fingerprint density at radius 1 is 1.05 bits per heavy atom. The van der Waals surface area contributed by atoms with Crippen molar-refractivity contribution in [1.29, 1.82) is 0 Å². The fourth-order valence-corrected chi connectivity index (χ4v) is 5.14. The van der Waals surface area contributed by atoms with Crippen LogP contribution < -0.4 is 14.4 Å². The Bertz CT molecular complexity index is 1550. The van der Waals surface area contributed by atoms with E-state index in [4.69, 9.17) is 42.5 Å². The highest BCUT2D eigenvalue weighted by Gasteiger charge is 2.46. The van der Waals surface area contributed by atoms with Crippen molar-refractivity contribution in [3.05, 3.63) is 87.0 Å². The number of hydrogen-bond acceptors (Lipinski definition) is 7. The smallest absolute Gasteiger partial charge is 0.319 e. The fourth-order valence-electron chi connectivity index (χ4n) is 4.84. The third-order valence-corrected chi connectivity index (χ3v) is 7.03. The van der Waals surface area contributed by atoms with Gasteiger partial charge in [0.25, 0.3) is 5.91 Å². The SMILES string of the molecule is COCC(C)c1c2c(nn1-c1cnc(OC)nc1OC)C(=O)N(c1cccc(Cl)c1F)C2c1ccc(Cl)cc1. The molecule has 5 rings (SSSR count). The number of amides is 1. The first-order chi connectivity index (χ1) is 18.8. The largest absolute Gasteiger partial charge is 0.479 e. The Balaban J connectivity index is 1.81. The lowest BCUT2D eigenvalue weighted by Gasteiger charge is -2.28. The van der Waals surface area contributed by atoms with E-state index in [1.165, 1.54) is 37.4 Å². The molecule has 0 spiro atoms. The predicted molar refractivity (Wildman–Crippen MR) is 144 cm³/mol. The molecular formula is C27H24Cl2FN5O4. The summed E-state index contributed by atoms with van der Waals surface area (Å²) in [7, 11) is 4.50. The lowest BCUT2D eigenvalue weighted by Crippen LogP contribution is -2.31. The second-order valence-electron chi connectivity index (χ2n) is 8.87.